The number of halogens is 1. The summed E-state index contributed by atoms with van der Waals surface area (Å²) in [6, 6.07) is 19.0. The smallest absolute Gasteiger partial charge is 0.407 e. The van der Waals surface area contributed by atoms with Crippen LogP contribution in [0, 0.1) is 0 Å². The van der Waals surface area contributed by atoms with Crippen LogP contribution in [0.1, 0.15) is 43.4 Å². The number of benzene rings is 2. The second kappa shape index (κ2) is 9.97. The van der Waals surface area contributed by atoms with Crippen LogP contribution in [0.5, 0.6) is 0 Å². The second-order valence-electron chi connectivity index (χ2n) is 9.25. The Kier molecular flexibility index (Phi) is 7.03. The number of pyridine rings is 1. The van der Waals surface area contributed by atoms with E-state index in [1.165, 1.54) is 0 Å². The van der Waals surface area contributed by atoms with Crippen molar-refractivity contribution in [3.63, 3.8) is 0 Å². The van der Waals surface area contributed by atoms with Crippen LogP contribution >= 0.6 is 15.9 Å². The summed E-state index contributed by atoms with van der Waals surface area (Å²) in [4.78, 5) is 29.8. The van der Waals surface area contributed by atoms with E-state index in [1.807, 2.05) is 30.3 Å². The van der Waals surface area contributed by atoms with Gasteiger partial charge in [0.2, 0.25) is 0 Å². The zero-order chi connectivity index (χ0) is 24.3. The van der Waals surface area contributed by atoms with E-state index < -0.39 is 23.7 Å². The maximum absolute atomic E-state index is 12.8. The van der Waals surface area contributed by atoms with Crippen molar-refractivity contribution in [2.24, 2.45) is 0 Å². The van der Waals surface area contributed by atoms with Gasteiger partial charge in [0, 0.05) is 18.5 Å². The standard InChI is InChI=1S/C27H27BrN2O4/c1-27(2,3)34-25(31)23(14-17-12-13-24(28)29-15-17)30-26(32)33-16-22-20-10-6-4-8-18(20)19-9-5-7-11-21(19)22/h4-13,15,22-23H,14,16H2,1-3H3,(H,30,32)/t23-/m0/s1. The minimum absolute atomic E-state index is 0.0613. The maximum Gasteiger partial charge on any atom is 0.407 e. The van der Waals surface area contributed by atoms with Crippen LogP contribution in [-0.4, -0.2) is 35.3 Å². The highest BCUT2D eigenvalue weighted by Crippen LogP contribution is 2.44. The van der Waals surface area contributed by atoms with Crippen molar-refractivity contribution in [1.29, 1.82) is 0 Å². The van der Waals surface area contributed by atoms with Crippen LogP contribution in [0.3, 0.4) is 0 Å². The average Bonchev–Trinajstić information content (AvgIpc) is 3.11. The Balaban J connectivity index is 1.46. The molecule has 0 unspecified atom stereocenters. The third-order valence-electron chi connectivity index (χ3n) is 5.56. The molecule has 0 saturated carbocycles. The van der Waals surface area contributed by atoms with Crippen LogP contribution < -0.4 is 5.32 Å². The number of fused-ring (bicyclic) bond motifs is 3. The van der Waals surface area contributed by atoms with E-state index in [0.717, 1.165) is 27.8 Å². The molecule has 1 aliphatic rings. The zero-order valence-corrected chi connectivity index (χ0v) is 21.0. The topological polar surface area (TPSA) is 77.5 Å². The van der Waals surface area contributed by atoms with Gasteiger partial charge in [0.1, 0.15) is 22.9 Å². The highest BCUT2D eigenvalue weighted by molar-refractivity contribution is 9.10. The number of hydrogen-bond acceptors (Lipinski definition) is 5. The predicted molar refractivity (Wildman–Crippen MR) is 133 cm³/mol. The minimum atomic E-state index is -0.905. The Labute approximate surface area is 207 Å². The molecule has 0 fully saturated rings. The summed E-state index contributed by atoms with van der Waals surface area (Å²) in [5.74, 6) is -0.585. The molecule has 6 nitrogen and oxygen atoms in total. The molecule has 1 atom stereocenters. The molecule has 176 valence electrons. The Morgan fingerprint density at radius 3 is 2.18 bits per heavy atom. The van der Waals surface area contributed by atoms with Gasteiger partial charge in [-0.05, 0) is 70.6 Å². The quantitative estimate of drug-likeness (QED) is 0.335. The van der Waals surface area contributed by atoms with Gasteiger partial charge in [-0.15, -0.1) is 0 Å². The van der Waals surface area contributed by atoms with Gasteiger partial charge in [-0.3, -0.25) is 0 Å². The van der Waals surface area contributed by atoms with Gasteiger partial charge >= 0.3 is 12.1 Å². The third kappa shape index (κ3) is 5.65. The van der Waals surface area contributed by atoms with Crippen LogP contribution in [-0.2, 0) is 20.7 Å². The Hall–Kier alpha value is -3.19. The van der Waals surface area contributed by atoms with Gasteiger partial charge < -0.3 is 14.8 Å². The number of carbonyl (C=O) groups excluding carboxylic acids is 2. The molecule has 2 aromatic carbocycles. The molecule has 1 N–H and O–H groups in total. The molecule has 0 spiro atoms. The van der Waals surface area contributed by atoms with Crippen molar-refractivity contribution in [2.45, 2.75) is 44.8 Å². The zero-order valence-electron chi connectivity index (χ0n) is 19.4. The molecule has 7 heteroatoms. The second-order valence-corrected chi connectivity index (χ2v) is 10.1. The molecule has 0 bridgehead atoms. The summed E-state index contributed by atoms with van der Waals surface area (Å²) in [6.07, 6.45) is 1.23. The third-order valence-corrected chi connectivity index (χ3v) is 6.02. The molecular weight excluding hydrogens is 496 g/mol. The van der Waals surface area contributed by atoms with Gasteiger partial charge in [0.25, 0.3) is 0 Å². The van der Waals surface area contributed by atoms with Crippen LogP contribution in [0.25, 0.3) is 11.1 Å². The van der Waals surface area contributed by atoms with Gasteiger partial charge in [-0.2, -0.15) is 0 Å². The van der Waals surface area contributed by atoms with E-state index in [9.17, 15) is 9.59 Å². The SMILES string of the molecule is CC(C)(C)OC(=O)[C@H](Cc1ccc(Br)nc1)NC(=O)OCC1c2ccccc2-c2ccccc21. The number of esters is 1. The number of alkyl carbamates (subject to hydrolysis) is 1. The first kappa shape index (κ1) is 24.0. The van der Waals surface area contributed by atoms with E-state index in [4.69, 9.17) is 9.47 Å². The lowest BCUT2D eigenvalue weighted by atomic mass is 9.98. The molecule has 34 heavy (non-hydrogen) atoms. The van der Waals surface area contributed by atoms with Crippen molar-refractivity contribution in [3.05, 3.63) is 88.2 Å². The molecule has 1 aromatic heterocycles. The van der Waals surface area contributed by atoms with Crippen molar-refractivity contribution in [2.75, 3.05) is 6.61 Å². The fourth-order valence-electron chi connectivity index (χ4n) is 4.11. The van der Waals surface area contributed by atoms with Gasteiger partial charge in [-0.25, -0.2) is 14.6 Å². The van der Waals surface area contributed by atoms with Crippen LogP contribution in [0.15, 0.2) is 71.5 Å². The Morgan fingerprint density at radius 1 is 1.00 bits per heavy atom. The first-order chi connectivity index (χ1) is 16.2. The Bertz CT molecular complexity index is 1140. The lowest BCUT2D eigenvalue weighted by Crippen LogP contribution is -2.46. The van der Waals surface area contributed by atoms with Gasteiger partial charge in [-0.1, -0.05) is 54.6 Å². The van der Waals surface area contributed by atoms with Crippen molar-refractivity contribution in [1.82, 2.24) is 10.3 Å². The van der Waals surface area contributed by atoms with Crippen LogP contribution in [0.2, 0.25) is 0 Å². The van der Waals surface area contributed by atoms with Gasteiger partial charge in [0.05, 0.1) is 0 Å². The lowest BCUT2D eigenvalue weighted by Gasteiger charge is -2.24. The van der Waals surface area contributed by atoms with Crippen molar-refractivity contribution < 1.29 is 19.1 Å². The largest absolute Gasteiger partial charge is 0.458 e. The van der Waals surface area contributed by atoms with Crippen molar-refractivity contribution >= 4 is 28.0 Å². The highest BCUT2D eigenvalue weighted by Gasteiger charge is 2.31. The number of rotatable bonds is 6. The number of ether oxygens (including phenoxy) is 2. The van der Waals surface area contributed by atoms with E-state index in [0.29, 0.717) is 4.60 Å². The molecule has 3 aromatic rings. The molecule has 0 aliphatic heterocycles. The molecule has 0 radical (unpaired) electrons. The first-order valence-electron chi connectivity index (χ1n) is 11.2. The number of nitrogens with zero attached hydrogens (tertiary/aromatic N) is 1. The normalized spacial score (nSPS) is 13.5. The summed E-state index contributed by atoms with van der Waals surface area (Å²) >= 11 is 3.30. The van der Waals surface area contributed by atoms with E-state index in [-0.39, 0.29) is 18.9 Å². The lowest BCUT2D eigenvalue weighted by molar-refractivity contribution is -0.157. The number of aromatic nitrogens is 1. The Morgan fingerprint density at radius 2 is 1.62 bits per heavy atom. The maximum atomic E-state index is 12.8. The molecule has 1 amide bonds. The molecule has 1 aliphatic carbocycles. The monoisotopic (exact) mass is 522 g/mol. The van der Waals surface area contributed by atoms with Crippen LogP contribution in [0.4, 0.5) is 4.79 Å². The summed E-state index contributed by atoms with van der Waals surface area (Å²) < 4.78 is 11.8. The molecular formula is C27H27BrN2O4. The van der Waals surface area contributed by atoms with E-state index in [2.05, 4.69) is 50.5 Å². The average molecular weight is 523 g/mol. The molecule has 4 rings (SSSR count). The number of hydrogen-bond donors (Lipinski definition) is 1. The summed E-state index contributed by atoms with van der Waals surface area (Å²) in [5.41, 5.74) is 4.67. The van der Waals surface area contributed by atoms with Crippen molar-refractivity contribution in [3.8, 4) is 11.1 Å². The number of nitrogens with one attached hydrogen (secondary N) is 1. The fraction of sp³-hybridized carbons (Fsp3) is 0.296. The fourth-order valence-corrected chi connectivity index (χ4v) is 4.35. The highest BCUT2D eigenvalue weighted by atomic mass is 79.9. The summed E-state index contributed by atoms with van der Waals surface area (Å²) in [5, 5.41) is 2.70. The van der Waals surface area contributed by atoms with E-state index >= 15 is 0 Å². The van der Waals surface area contributed by atoms with Gasteiger partial charge in [0.15, 0.2) is 0 Å². The first-order valence-corrected chi connectivity index (χ1v) is 12.0. The summed E-state index contributed by atoms with van der Waals surface area (Å²) in [6.45, 7) is 5.53. The van der Waals surface area contributed by atoms with E-state index in [1.54, 1.807) is 33.0 Å². The molecule has 0 saturated heterocycles. The number of carbonyl (C=O) groups is 2. The number of amides is 1. The predicted octanol–water partition coefficient (Wildman–Crippen LogP) is 5.64. The molecule has 1 heterocycles. The minimum Gasteiger partial charge on any atom is -0.458 e. The summed E-state index contributed by atoms with van der Waals surface area (Å²) in [7, 11) is 0.